The third-order valence-electron chi connectivity index (χ3n) is 4.68. The first-order valence-corrected chi connectivity index (χ1v) is 10.0. The highest BCUT2D eigenvalue weighted by atomic mass is 32.2. The van der Waals surface area contributed by atoms with E-state index >= 15 is 0 Å². The maximum absolute atomic E-state index is 13.2. The smallest absolute Gasteiger partial charge is 0.262 e. The zero-order valence-corrected chi connectivity index (χ0v) is 15.3. The molecule has 0 saturated heterocycles. The van der Waals surface area contributed by atoms with Crippen LogP contribution in [0.5, 0.6) is 0 Å². The molecule has 0 fully saturated rings. The van der Waals surface area contributed by atoms with Gasteiger partial charge >= 0.3 is 0 Å². The van der Waals surface area contributed by atoms with Crippen molar-refractivity contribution in [1.29, 1.82) is 0 Å². The molecule has 0 radical (unpaired) electrons. The highest BCUT2D eigenvalue weighted by Gasteiger charge is 2.26. The zero-order valence-electron chi connectivity index (χ0n) is 14.5. The molecular weight excluding hydrogens is 376 g/mol. The van der Waals surface area contributed by atoms with Gasteiger partial charge in [-0.3, -0.25) is 9.52 Å². The van der Waals surface area contributed by atoms with Crippen LogP contribution >= 0.6 is 0 Å². The minimum absolute atomic E-state index is 0.111. The highest BCUT2D eigenvalue weighted by Crippen LogP contribution is 2.37. The van der Waals surface area contributed by atoms with E-state index in [9.17, 15) is 13.2 Å². The Morgan fingerprint density at radius 2 is 1.82 bits per heavy atom. The van der Waals surface area contributed by atoms with Crippen LogP contribution in [-0.2, 0) is 10.0 Å². The summed E-state index contributed by atoms with van der Waals surface area (Å²) in [6.45, 7) is 0. The van der Waals surface area contributed by atoms with Crippen LogP contribution in [0.3, 0.4) is 0 Å². The van der Waals surface area contributed by atoms with Gasteiger partial charge in [0.25, 0.3) is 15.9 Å². The van der Waals surface area contributed by atoms with Gasteiger partial charge in [0.1, 0.15) is 0 Å². The fourth-order valence-corrected chi connectivity index (χ4v) is 4.75. The molecule has 8 heteroatoms. The Morgan fingerprint density at radius 3 is 2.64 bits per heavy atom. The van der Waals surface area contributed by atoms with E-state index in [4.69, 9.17) is 0 Å². The van der Waals surface area contributed by atoms with Gasteiger partial charge < -0.3 is 5.32 Å². The van der Waals surface area contributed by atoms with Crippen LogP contribution in [0.4, 0.5) is 11.4 Å². The van der Waals surface area contributed by atoms with Crippen molar-refractivity contribution in [2.75, 3.05) is 10.0 Å². The lowest BCUT2D eigenvalue weighted by Crippen LogP contribution is -2.15. The van der Waals surface area contributed by atoms with Crippen LogP contribution in [0, 0.1) is 0 Å². The summed E-state index contributed by atoms with van der Waals surface area (Å²) in [5.74, 6) is -0.230. The van der Waals surface area contributed by atoms with Crippen LogP contribution < -0.4 is 10.0 Å². The van der Waals surface area contributed by atoms with E-state index < -0.39 is 10.0 Å². The van der Waals surface area contributed by atoms with Gasteiger partial charge in [-0.05, 0) is 36.4 Å². The number of hydrogen-bond donors (Lipinski definition) is 2. The van der Waals surface area contributed by atoms with E-state index in [0.29, 0.717) is 33.4 Å². The second-order valence-electron chi connectivity index (χ2n) is 6.37. The molecule has 138 valence electrons. The Hall–Kier alpha value is -3.65. The van der Waals surface area contributed by atoms with Crippen LogP contribution in [0.25, 0.3) is 16.5 Å². The zero-order chi connectivity index (χ0) is 19.3. The van der Waals surface area contributed by atoms with Crippen molar-refractivity contribution in [1.82, 2.24) is 9.78 Å². The lowest BCUT2D eigenvalue weighted by atomic mass is 10.1. The van der Waals surface area contributed by atoms with Gasteiger partial charge in [0.2, 0.25) is 0 Å². The van der Waals surface area contributed by atoms with Crippen molar-refractivity contribution >= 4 is 38.1 Å². The molecule has 7 nitrogen and oxygen atoms in total. The summed E-state index contributed by atoms with van der Waals surface area (Å²) in [6.07, 6.45) is 3.36. The monoisotopic (exact) mass is 390 g/mol. The lowest BCUT2D eigenvalue weighted by Gasteiger charge is -2.14. The van der Waals surface area contributed by atoms with Gasteiger partial charge in [-0.15, -0.1) is 0 Å². The third kappa shape index (κ3) is 2.46. The molecule has 1 aliphatic rings. The van der Waals surface area contributed by atoms with E-state index in [1.54, 1.807) is 65.6 Å². The molecule has 0 saturated carbocycles. The summed E-state index contributed by atoms with van der Waals surface area (Å²) in [6, 6.07) is 17.0. The standard InChI is InChI=1S/C20H14N4O3S/c25-20-14-6-3-5-13-18(10-9-16(22-20)19(13)14)28(26,27)23-15-7-1-2-8-17(15)24-12-4-11-21-24/h1-12,23H,(H,22,25). The number of carbonyl (C=O) groups excluding carboxylic acids is 1. The van der Waals surface area contributed by atoms with Gasteiger partial charge in [0.05, 0.1) is 16.3 Å². The Kier molecular flexibility index (Phi) is 3.50. The van der Waals surface area contributed by atoms with Gasteiger partial charge in [-0.25, -0.2) is 13.1 Å². The molecule has 1 amide bonds. The number of nitrogens with zero attached hydrogens (tertiary/aromatic N) is 2. The molecule has 3 aromatic carbocycles. The van der Waals surface area contributed by atoms with E-state index in [0.717, 1.165) is 0 Å². The molecule has 28 heavy (non-hydrogen) atoms. The van der Waals surface area contributed by atoms with Gasteiger partial charge in [0, 0.05) is 34.4 Å². The number of carbonyl (C=O) groups is 1. The van der Waals surface area contributed by atoms with E-state index in [1.807, 2.05) is 6.07 Å². The number of amides is 1. The fraction of sp³-hybridized carbons (Fsp3) is 0. The second-order valence-corrected chi connectivity index (χ2v) is 8.02. The van der Waals surface area contributed by atoms with E-state index in [1.165, 1.54) is 6.07 Å². The van der Waals surface area contributed by atoms with Gasteiger partial charge in [-0.1, -0.05) is 24.3 Å². The average Bonchev–Trinajstić information content (AvgIpc) is 3.32. The molecule has 0 bridgehead atoms. The number of nitrogens with one attached hydrogen (secondary N) is 2. The minimum Gasteiger partial charge on any atom is -0.321 e. The number of aromatic nitrogens is 2. The first-order chi connectivity index (χ1) is 13.5. The number of anilines is 2. The molecular formula is C20H14N4O3S. The minimum atomic E-state index is -3.91. The highest BCUT2D eigenvalue weighted by molar-refractivity contribution is 7.93. The summed E-state index contributed by atoms with van der Waals surface area (Å²) in [5.41, 5.74) is 2.11. The van der Waals surface area contributed by atoms with Crippen molar-refractivity contribution in [2.24, 2.45) is 0 Å². The number of para-hydroxylation sites is 2. The predicted molar refractivity (Wildman–Crippen MR) is 106 cm³/mol. The van der Waals surface area contributed by atoms with Crippen LogP contribution in [0.1, 0.15) is 10.4 Å². The Labute approximate surface area is 160 Å². The fourth-order valence-electron chi connectivity index (χ4n) is 3.47. The van der Waals surface area contributed by atoms with Crippen LogP contribution in [0.15, 0.2) is 78.0 Å². The normalized spacial score (nSPS) is 12.9. The summed E-state index contributed by atoms with van der Waals surface area (Å²) >= 11 is 0. The van der Waals surface area contributed by atoms with Crippen molar-refractivity contribution in [3.05, 3.63) is 78.6 Å². The topological polar surface area (TPSA) is 93.1 Å². The molecule has 0 unspecified atom stereocenters. The molecule has 0 spiro atoms. The first-order valence-electron chi connectivity index (χ1n) is 8.53. The Bertz CT molecular complexity index is 1350. The van der Waals surface area contributed by atoms with Crippen molar-refractivity contribution in [3.63, 3.8) is 0 Å². The largest absolute Gasteiger partial charge is 0.321 e. The predicted octanol–water partition coefficient (Wildman–Crippen LogP) is 3.39. The number of rotatable bonds is 4. The third-order valence-corrected chi connectivity index (χ3v) is 6.11. The van der Waals surface area contributed by atoms with Crippen LogP contribution in [-0.4, -0.2) is 24.1 Å². The molecule has 2 N–H and O–H groups in total. The number of benzene rings is 3. The summed E-state index contributed by atoms with van der Waals surface area (Å²) in [4.78, 5) is 12.2. The summed E-state index contributed by atoms with van der Waals surface area (Å²) in [5, 5.41) is 8.06. The van der Waals surface area contributed by atoms with Crippen LogP contribution in [0.2, 0.25) is 0 Å². The second kappa shape index (κ2) is 5.93. The molecule has 2 heterocycles. The Balaban J connectivity index is 1.64. The molecule has 1 aromatic heterocycles. The Morgan fingerprint density at radius 1 is 0.964 bits per heavy atom. The molecule has 4 aromatic rings. The quantitative estimate of drug-likeness (QED) is 0.559. The molecule has 1 aliphatic heterocycles. The van der Waals surface area contributed by atoms with Crippen molar-refractivity contribution in [3.8, 4) is 5.69 Å². The van der Waals surface area contributed by atoms with Crippen molar-refractivity contribution in [2.45, 2.75) is 4.90 Å². The summed E-state index contributed by atoms with van der Waals surface area (Å²) < 4.78 is 30.7. The molecule has 0 aliphatic carbocycles. The number of sulfonamides is 1. The SMILES string of the molecule is O=C1Nc2ccc(S(=O)(=O)Nc3ccccc3-n3cccn3)c3cccc1c23. The number of hydrogen-bond acceptors (Lipinski definition) is 4. The lowest BCUT2D eigenvalue weighted by molar-refractivity contribution is 0.103. The van der Waals surface area contributed by atoms with Gasteiger partial charge in [0.15, 0.2) is 0 Å². The van der Waals surface area contributed by atoms with E-state index in [2.05, 4.69) is 15.1 Å². The molecule has 5 rings (SSSR count). The maximum Gasteiger partial charge on any atom is 0.262 e. The van der Waals surface area contributed by atoms with Crippen molar-refractivity contribution < 1.29 is 13.2 Å². The van der Waals surface area contributed by atoms with E-state index in [-0.39, 0.29) is 10.8 Å². The average molecular weight is 390 g/mol. The summed E-state index contributed by atoms with van der Waals surface area (Å²) in [7, 11) is -3.91. The van der Waals surface area contributed by atoms with Gasteiger partial charge in [-0.2, -0.15) is 5.10 Å². The molecule has 0 atom stereocenters. The first kappa shape index (κ1) is 16.5. The maximum atomic E-state index is 13.2.